The van der Waals surface area contributed by atoms with E-state index in [0.717, 1.165) is 11.3 Å². The van der Waals surface area contributed by atoms with Gasteiger partial charge in [-0.15, -0.1) is 0 Å². The molecule has 0 N–H and O–H groups in total. The molecule has 8 heteroatoms. The second-order valence-electron chi connectivity index (χ2n) is 7.33. The molecule has 0 bridgehead atoms. The molecule has 0 amide bonds. The van der Waals surface area contributed by atoms with E-state index in [4.69, 9.17) is 0 Å². The lowest BCUT2D eigenvalue weighted by molar-refractivity contribution is -0.103. The molecule has 1 aliphatic carbocycles. The highest BCUT2D eigenvalue weighted by molar-refractivity contribution is 5.77. The van der Waals surface area contributed by atoms with Gasteiger partial charge in [-0.25, -0.2) is 18.7 Å². The fourth-order valence-electron chi connectivity index (χ4n) is 3.82. The van der Waals surface area contributed by atoms with Gasteiger partial charge in [0.2, 0.25) is 0 Å². The molecule has 5 rings (SSSR count). The monoisotopic (exact) mass is 390 g/mol. The number of alkyl halides is 2. The van der Waals surface area contributed by atoms with Gasteiger partial charge in [-0.05, 0) is 31.2 Å². The molecular formula is C21H16F2N6. The second kappa shape index (κ2) is 6.21. The van der Waals surface area contributed by atoms with Crippen LogP contribution in [0.15, 0.2) is 49.1 Å². The molecule has 0 saturated heterocycles. The molecule has 1 fully saturated rings. The highest BCUT2D eigenvalue weighted by Gasteiger charge is 2.47. The van der Waals surface area contributed by atoms with Gasteiger partial charge >= 0.3 is 0 Å². The molecule has 0 radical (unpaired) electrons. The van der Waals surface area contributed by atoms with Gasteiger partial charge in [0, 0.05) is 36.3 Å². The molecule has 0 spiro atoms. The molecule has 144 valence electrons. The van der Waals surface area contributed by atoms with E-state index in [-0.39, 0.29) is 18.9 Å². The van der Waals surface area contributed by atoms with Crippen LogP contribution in [0.4, 0.5) is 8.78 Å². The normalized spacial score (nSPS) is 15.9. The van der Waals surface area contributed by atoms with E-state index < -0.39 is 5.92 Å². The van der Waals surface area contributed by atoms with Crippen LogP contribution in [0, 0.1) is 18.3 Å². The number of aryl methyl sites for hydroxylation is 1. The van der Waals surface area contributed by atoms with Crippen LogP contribution >= 0.6 is 0 Å². The van der Waals surface area contributed by atoms with Crippen molar-refractivity contribution in [3.8, 4) is 28.7 Å². The van der Waals surface area contributed by atoms with Crippen molar-refractivity contribution in [1.82, 2.24) is 23.9 Å². The summed E-state index contributed by atoms with van der Waals surface area (Å²) in [6.07, 6.45) is 4.48. The fourth-order valence-corrected chi connectivity index (χ4v) is 3.82. The number of halogens is 2. The summed E-state index contributed by atoms with van der Waals surface area (Å²) in [5.74, 6) is -2.64. The molecule has 6 nitrogen and oxygen atoms in total. The third-order valence-electron chi connectivity index (χ3n) is 5.28. The first kappa shape index (κ1) is 17.5. The van der Waals surface area contributed by atoms with Crippen molar-refractivity contribution in [2.45, 2.75) is 31.7 Å². The van der Waals surface area contributed by atoms with E-state index in [1.54, 1.807) is 27.6 Å². The van der Waals surface area contributed by atoms with Crippen LogP contribution in [0.1, 0.15) is 30.3 Å². The van der Waals surface area contributed by atoms with Crippen molar-refractivity contribution in [2.24, 2.45) is 0 Å². The summed E-state index contributed by atoms with van der Waals surface area (Å²) in [5, 5.41) is 9.34. The molecule has 0 unspecified atom stereocenters. The van der Waals surface area contributed by atoms with E-state index in [1.165, 1.54) is 6.20 Å². The third kappa shape index (κ3) is 2.86. The van der Waals surface area contributed by atoms with Crippen molar-refractivity contribution in [2.75, 3.05) is 0 Å². The predicted molar refractivity (Wildman–Crippen MR) is 102 cm³/mol. The van der Waals surface area contributed by atoms with Crippen LogP contribution in [-0.4, -0.2) is 29.8 Å². The predicted octanol–water partition coefficient (Wildman–Crippen LogP) is 4.41. The maximum absolute atomic E-state index is 13.6. The van der Waals surface area contributed by atoms with Crippen molar-refractivity contribution < 1.29 is 8.78 Å². The van der Waals surface area contributed by atoms with E-state index in [1.807, 2.05) is 31.2 Å². The topological polar surface area (TPSA) is 71.8 Å². The molecule has 4 aromatic rings. The van der Waals surface area contributed by atoms with Gasteiger partial charge in [-0.2, -0.15) is 5.26 Å². The SMILES string of the molecule is Cc1cccc(-c2ncn(C3CC(F)(F)C3)c2-c2ccc3ncc(C#N)n3c2)n1. The van der Waals surface area contributed by atoms with E-state index >= 15 is 0 Å². The Morgan fingerprint density at radius 2 is 2.00 bits per heavy atom. The number of hydrogen-bond acceptors (Lipinski definition) is 4. The zero-order valence-corrected chi connectivity index (χ0v) is 15.5. The van der Waals surface area contributed by atoms with Crippen molar-refractivity contribution >= 4 is 5.65 Å². The molecule has 0 atom stereocenters. The summed E-state index contributed by atoms with van der Waals surface area (Å²) in [4.78, 5) is 13.3. The van der Waals surface area contributed by atoms with Gasteiger partial charge in [0.25, 0.3) is 5.92 Å². The number of imidazole rings is 2. The molecule has 4 heterocycles. The van der Waals surface area contributed by atoms with Crippen LogP contribution in [-0.2, 0) is 0 Å². The number of nitrogens with zero attached hydrogens (tertiary/aromatic N) is 6. The smallest absolute Gasteiger partial charge is 0.252 e. The quantitative estimate of drug-likeness (QED) is 0.519. The van der Waals surface area contributed by atoms with Crippen molar-refractivity contribution in [3.05, 3.63) is 60.4 Å². The first-order chi connectivity index (χ1) is 13.9. The lowest BCUT2D eigenvalue weighted by Crippen LogP contribution is -2.37. The maximum Gasteiger partial charge on any atom is 0.252 e. The lowest BCUT2D eigenvalue weighted by Gasteiger charge is -2.36. The summed E-state index contributed by atoms with van der Waals surface area (Å²) >= 11 is 0. The number of fused-ring (bicyclic) bond motifs is 1. The van der Waals surface area contributed by atoms with Crippen LogP contribution in [0.2, 0.25) is 0 Å². The molecule has 0 aromatic carbocycles. The Labute approximate surface area is 165 Å². The molecular weight excluding hydrogens is 374 g/mol. The highest BCUT2D eigenvalue weighted by atomic mass is 19.3. The minimum atomic E-state index is -2.64. The van der Waals surface area contributed by atoms with E-state index in [9.17, 15) is 14.0 Å². The van der Waals surface area contributed by atoms with Gasteiger partial charge in [0.1, 0.15) is 23.1 Å². The zero-order valence-electron chi connectivity index (χ0n) is 15.5. The Balaban J connectivity index is 1.71. The summed E-state index contributed by atoms with van der Waals surface area (Å²) in [6, 6.07) is 11.1. The zero-order chi connectivity index (χ0) is 20.2. The summed E-state index contributed by atoms with van der Waals surface area (Å²) in [5.41, 5.74) is 4.66. The molecule has 29 heavy (non-hydrogen) atoms. The Morgan fingerprint density at radius 3 is 2.72 bits per heavy atom. The minimum Gasteiger partial charge on any atom is -0.326 e. The highest BCUT2D eigenvalue weighted by Crippen LogP contribution is 2.48. The van der Waals surface area contributed by atoms with Crippen molar-refractivity contribution in [3.63, 3.8) is 0 Å². The van der Waals surface area contributed by atoms with Gasteiger partial charge < -0.3 is 4.57 Å². The summed E-state index contributed by atoms with van der Waals surface area (Å²) < 4.78 is 30.6. The van der Waals surface area contributed by atoms with E-state index in [2.05, 4.69) is 21.0 Å². The first-order valence-electron chi connectivity index (χ1n) is 9.21. The molecule has 0 aliphatic heterocycles. The number of aromatic nitrogens is 5. The fraction of sp³-hybridized carbons (Fsp3) is 0.238. The summed E-state index contributed by atoms with van der Waals surface area (Å²) in [7, 11) is 0. The lowest BCUT2D eigenvalue weighted by atomic mass is 9.87. The number of rotatable bonds is 3. The van der Waals surface area contributed by atoms with Gasteiger partial charge in [-0.3, -0.25) is 9.38 Å². The average molecular weight is 390 g/mol. The molecule has 1 aliphatic rings. The van der Waals surface area contributed by atoms with Crippen LogP contribution in [0.25, 0.3) is 28.3 Å². The number of pyridine rings is 2. The Bertz CT molecular complexity index is 1270. The van der Waals surface area contributed by atoms with Crippen molar-refractivity contribution in [1.29, 1.82) is 5.26 Å². The van der Waals surface area contributed by atoms with Crippen LogP contribution in [0.3, 0.4) is 0 Å². The van der Waals surface area contributed by atoms with Gasteiger partial charge in [-0.1, -0.05) is 6.07 Å². The van der Waals surface area contributed by atoms with E-state index in [0.29, 0.717) is 28.4 Å². The third-order valence-corrected chi connectivity index (χ3v) is 5.28. The first-order valence-corrected chi connectivity index (χ1v) is 9.21. The Morgan fingerprint density at radius 1 is 1.17 bits per heavy atom. The van der Waals surface area contributed by atoms with Crippen LogP contribution < -0.4 is 0 Å². The maximum atomic E-state index is 13.6. The number of nitriles is 1. The Kier molecular flexibility index (Phi) is 3.74. The summed E-state index contributed by atoms with van der Waals surface area (Å²) in [6.45, 7) is 1.89. The van der Waals surface area contributed by atoms with Gasteiger partial charge in [0.15, 0.2) is 0 Å². The Hall–Kier alpha value is -3.60. The molecule has 4 aromatic heterocycles. The largest absolute Gasteiger partial charge is 0.326 e. The average Bonchev–Trinajstić information content (AvgIpc) is 3.29. The minimum absolute atomic E-state index is 0.214. The standard InChI is InChI=1S/C21H16F2N6/c1-13-3-2-4-17(27-13)19-20(29(12-26-19)15-7-21(22,23)8-15)14-5-6-18-25-10-16(9-24)28(18)11-14/h2-6,10-12,15H,7-8H2,1H3. The second-order valence-corrected chi connectivity index (χ2v) is 7.33. The molecule has 1 saturated carbocycles. The van der Waals surface area contributed by atoms with Crippen LogP contribution in [0.5, 0.6) is 0 Å². The van der Waals surface area contributed by atoms with Gasteiger partial charge in [0.05, 0.1) is 23.9 Å². The number of hydrogen-bond donors (Lipinski definition) is 0.